The van der Waals surface area contributed by atoms with Gasteiger partial charge in [0.05, 0.1) is 0 Å². The summed E-state index contributed by atoms with van der Waals surface area (Å²) in [5, 5.41) is 0. The van der Waals surface area contributed by atoms with E-state index in [1.807, 2.05) is 11.3 Å². The molecule has 1 aliphatic carbocycles. The smallest absolute Gasteiger partial charge is 0.0484 e. The Morgan fingerprint density at radius 2 is 2.18 bits per heavy atom. The molecule has 1 saturated carbocycles. The van der Waals surface area contributed by atoms with Gasteiger partial charge in [-0.15, -0.1) is 11.3 Å². The summed E-state index contributed by atoms with van der Waals surface area (Å²) in [4.78, 5) is 5.48. The highest BCUT2D eigenvalue weighted by Crippen LogP contribution is 2.37. The third-order valence-electron chi connectivity index (χ3n) is 3.56. The zero-order valence-electron chi connectivity index (χ0n) is 11.2. The van der Waals surface area contributed by atoms with Crippen molar-refractivity contribution in [3.8, 4) is 0 Å². The second-order valence-corrected chi connectivity index (χ2v) is 6.55. The van der Waals surface area contributed by atoms with Gasteiger partial charge in [0.15, 0.2) is 0 Å². The molecule has 96 valence electrons. The summed E-state index contributed by atoms with van der Waals surface area (Å²) in [5.74, 6) is 0. The monoisotopic (exact) mass is 252 g/mol. The van der Waals surface area contributed by atoms with Crippen LogP contribution in [0.15, 0.2) is 6.07 Å². The maximum absolute atomic E-state index is 6.04. The SMILES string of the molecule is CCCN(C1CC1)C(CN)c1cc(C)sc1C. The highest BCUT2D eigenvalue weighted by Gasteiger charge is 2.34. The normalized spacial score (nSPS) is 17.7. The number of hydrogen-bond donors (Lipinski definition) is 1. The number of rotatable bonds is 6. The minimum Gasteiger partial charge on any atom is -0.329 e. The molecule has 0 radical (unpaired) electrons. The number of thiophene rings is 1. The molecule has 0 aromatic carbocycles. The average Bonchev–Trinajstić information content (AvgIpc) is 3.06. The lowest BCUT2D eigenvalue weighted by Crippen LogP contribution is -2.36. The molecule has 0 spiro atoms. The minimum absolute atomic E-state index is 0.437. The van der Waals surface area contributed by atoms with Gasteiger partial charge in [-0.25, -0.2) is 0 Å². The highest BCUT2D eigenvalue weighted by atomic mass is 32.1. The summed E-state index contributed by atoms with van der Waals surface area (Å²) < 4.78 is 0. The molecule has 2 nitrogen and oxygen atoms in total. The fourth-order valence-corrected chi connectivity index (χ4v) is 3.66. The van der Waals surface area contributed by atoms with Crippen LogP contribution >= 0.6 is 11.3 Å². The molecule has 0 saturated heterocycles. The van der Waals surface area contributed by atoms with Crippen LogP contribution in [0.5, 0.6) is 0 Å². The van der Waals surface area contributed by atoms with Crippen LogP contribution in [0.1, 0.15) is 47.5 Å². The molecule has 0 bridgehead atoms. The number of nitrogens with zero attached hydrogens (tertiary/aromatic N) is 1. The Balaban J connectivity index is 2.21. The molecular weight excluding hydrogens is 228 g/mol. The van der Waals surface area contributed by atoms with Crippen LogP contribution in [0.4, 0.5) is 0 Å². The molecule has 0 amide bonds. The van der Waals surface area contributed by atoms with Crippen LogP contribution in [0.3, 0.4) is 0 Å². The van der Waals surface area contributed by atoms with E-state index in [0.29, 0.717) is 6.04 Å². The Bertz CT molecular complexity index is 368. The van der Waals surface area contributed by atoms with Gasteiger partial charge >= 0.3 is 0 Å². The maximum Gasteiger partial charge on any atom is 0.0484 e. The largest absolute Gasteiger partial charge is 0.329 e. The van der Waals surface area contributed by atoms with E-state index in [1.165, 1.54) is 41.1 Å². The standard InChI is InChI=1S/C14H24N2S/c1-4-7-16(12-5-6-12)14(9-15)13-8-10(2)17-11(13)3/h8,12,14H,4-7,9,15H2,1-3H3. The molecule has 3 heteroatoms. The lowest BCUT2D eigenvalue weighted by atomic mass is 10.1. The molecule has 17 heavy (non-hydrogen) atoms. The Morgan fingerprint density at radius 3 is 2.59 bits per heavy atom. The first-order valence-corrected chi connectivity index (χ1v) is 7.51. The summed E-state index contributed by atoms with van der Waals surface area (Å²) in [6.07, 6.45) is 3.94. The van der Waals surface area contributed by atoms with Crippen molar-refractivity contribution in [3.05, 3.63) is 21.4 Å². The van der Waals surface area contributed by atoms with Gasteiger partial charge in [0.1, 0.15) is 0 Å². The van der Waals surface area contributed by atoms with Gasteiger partial charge in [-0.3, -0.25) is 4.90 Å². The fraction of sp³-hybridized carbons (Fsp3) is 0.714. The summed E-state index contributed by atoms with van der Waals surface area (Å²) >= 11 is 1.90. The van der Waals surface area contributed by atoms with Crippen molar-refractivity contribution in [2.24, 2.45) is 5.73 Å². The zero-order valence-corrected chi connectivity index (χ0v) is 12.0. The number of nitrogens with two attached hydrogens (primary N) is 1. The van der Waals surface area contributed by atoms with Crippen molar-refractivity contribution in [1.29, 1.82) is 0 Å². The maximum atomic E-state index is 6.04. The Hall–Kier alpha value is -0.380. The van der Waals surface area contributed by atoms with Gasteiger partial charge in [-0.2, -0.15) is 0 Å². The van der Waals surface area contributed by atoms with E-state index in [0.717, 1.165) is 12.6 Å². The molecule has 1 fully saturated rings. The molecule has 1 aromatic heterocycles. The van der Waals surface area contributed by atoms with Crippen LogP contribution in [0.2, 0.25) is 0 Å². The quantitative estimate of drug-likeness (QED) is 0.842. The number of hydrogen-bond acceptors (Lipinski definition) is 3. The molecule has 2 N–H and O–H groups in total. The van der Waals surface area contributed by atoms with E-state index in [1.54, 1.807) is 0 Å². The topological polar surface area (TPSA) is 29.3 Å². The summed E-state index contributed by atoms with van der Waals surface area (Å²) in [6.45, 7) is 8.60. The second-order valence-electron chi connectivity index (χ2n) is 5.09. The predicted molar refractivity (Wildman–Crippen MR) is 75.6 cm³/mol. The van der Waals surface area contributed by atoms with Crippen molar-refractivity contribution in [2.45, 2.75) is 52.1 Å². The predicted octanol–water partition coefficient (Wildman–Crippen LogP) is 3.24. The molecule has 1 heterocycles. The third-order valence-corrected chi connectivity index (χ3v) is 4.54. The molecule has 2 rings (SSSR count). The van der Waals surface area contributed by atoms with Crippen molar-refractivity contribution >= 4 is 11.3 Å². The fourth-order valence-electron chi connectivity index (χ4n) is 2.68. The first-order chi connectivity index (χ1) is 8.17. The van der Waals surface area contributed by atoms with Gasteiger partial charge in [-0.1, -0.05) is 6.92 Å². The van der Waals surface area contributed by atoms with E-state index in [4.69, 9.17) is 5.73 Å². The molecule has 0 aliphatic heterocycles. The van der Waals surface area contributed by atoms with E-state index in [2.05, 4.69) is 31.7 Å². The average molecular weight is 252 g/mol. The Labute approximate surface area is 109 Å². The minimum atomic E-state index is 0.437. The van der Waals surface area contributed by atoms with Crippen LogP contribution in [0.25, 0.3) is 0 Å². The molecule has 1 aromatic rings. The molecule has 1 unspecified atom stereocenters. The van der Waals surface area contributed by atoms with E-state index in [-0.39, 0.29) is 0 Å². The molecular formula is C14H24N2S. The first-order valence-electron chi connectivity index (χ1n) is 6.70. The van der Waals surface area contributed by atoms with E-state index >= 15 is 0 Å². The first kappa shape index (κ1) is 13.1. The summed E-state index contributed by atoms with van der Waals surface area (Å²) in [7, 11) is 0. The summed E-state index contributed by atoms with van der Waals surface area (Å²) in [6, 6.07) is 3.57. The van der Waals surface area contributed by atoms with Crippen molar-refractivity contribution < 1.29 is 0 Å². The Kier molecular flexibility index (Phi) is 4.23. The highest BCUT2D eigenvalue weighted by molar-refractivity contribution is 7.12. The van der Waals surface area contributed by atoms with Crippen molar-refractivity contribution in [3.63, 3.8) is 0 Å². The zero-order chi connectivity index (χ0) is 12.4. The number of aryl methyl sites for hydroxylation is 2. The van der Waals surface area contributed by atoms with Crippen LogP contribution in [0, 0.1) is 13.8 Å². The van der Waals surface area contributed by atoms with Crippen molar-refractivity contribution in [2.75, 3.05) is 13.1 Å². The second kappa shape index (κ2) is 5.51. The van der Waals surface area contributed by atoms with Gasteiger partial charge in [-0.05, 0) is 51.3 Å². The van der Waals surface area contributed by atoms with Crippen molar-refractivity contribution in [1.82, 2.24) is 4.90 Å². The molecule has 1 atom stereocenters. The van der Waals surface area contributed by atoms with E-state index < -0.39 is 0 Å². The Morgan fingerprint density at radius 1 is 1.47 bits per heavy atom. The van der Waals surface area contributed by atoms with E-state index in [9.17, 15) is 0 Å². The van der Waals surface area contributed by atoms with Gasteiger partial charge < -0.3 is 5.73 Å². The third kappa shape index (κ3) is 2.90. The van der Waals surface area contributed by atoms with Crippen LogP contribution in [-0.2, 0) is 0 Å². The summed E-state index contributed by atoms with van der Waals surface area (Å²) in [5.41, 5.74) is 7.51. The van der Waals surface area contributed by atoms with Gasteiger partial charge in [0, 0.05) is 28.4 Å². The van der Waals surface area contributed by atoms with Crippen LogP contribution in [-0.4, -0.2) is 24.0 Å². The lowest BCUT2D eigenvalue weighted by Gasteiger charge is -2.31. The van der Waals surface area contributed by atoms with Gasteiger partial charge in [0.2, 0.25) is 0 Å². The van der Waals surface area contributed by atoms with Crippen LogP contribution < -0.4 is 5.73 Å². The molecule has 1 aliphatic rings. The van der Waals surface area contributed by atoms with Gasteiger partial charge in [0.25, 0.3) is 0 Å². The lowest BCUT2D eigenvalue weighted by molar-refractivity contribution is 0.191.